The summed E-state index contributed by atoms with van der Waals surface area (Å²) in [5.41, 5.74) is -2.96. The molecule has 2 N–H and O–H groups in total. The molecule has 0 unspecified atom stereocenters. The predicted molar refractivity (Wildman–Crippen MR) is 217 cm³/mol. The van der Waals surface area contributed by atoms with Gasteiger partial charge in [-0.05, 0) is 54.7 Å². The number of rotatable bonds is 17. The molecule has 4 heterocycles. The van der Waals surface area contributed by atoms with Crippen molar-refractivity contribution in [3.63, 3.8) is 0 Å². The molecular weight excluding hydrogens is 884 g/mol. The Bertz CT molecular complexity index is 2940. The first-order valence-electron chi connectivity index (χ1n) is 19.6. The van der Waals surface area contributed by atoms with Gasteiger partial charge < -0.3 is 14.8 Å². The van der Waals surface area contributed by atoms with Crippen LogP contribution in [-0.4, -0.2) is 74.5 Å². The summed E-state index contributed by atoms with van der Waals surface area (Å²) in [6, 6.07) is 6.53. The van der Waals surface area contributed by atoms with Gasteiger partial charge in [0.2, 0.25) is 21.8 Å². The number of aryl methyl sites for hydroxylation is 1. The molecule has 4 aromatic heterocycles. The lowest BCUT2D eigenvalue weighted by atomic mass is 10.0. The number of amides is 1. The lowest BCUT2D eigenvalue weighted by Gasteiger charge is -2.24. The van der Waals surface area contributed by atoms with Gasteiger partial charge in [0.1, 0.15) is 42.0 Å². The zero-order valence-electron chi connectivity index (χ0n) is 33.6. The lowest BCUT2D eigenvalue weighted by Crippen LogP contribution is -2.38. The molecule has 23 heteroatoms. The fourth-order valence-electron chi connectivity index (χ4n) is 8.08. The van der Waals surface area contributed by atoms with Crippen molar-refractivity contribution < 1.29 is 49.0 Å². The second kappa shape index (κ2) is 16.8. The molecule has 8 rings (SSSR count). The Labute approximate surface area is 359 Å². The Morgan fingerprint density at radius 3 is 2.49 bits per heavy atom. The van der Waals surface area contributed by atoms with Crippen molar-refractivity contribution >= 4 is 55.3 Å². The van der Waals surface area contributed by atoms with Gasteiger partial charge in [0.25, 0.3) is 17.9 Å². The zero-order chi connectivity index (χ0) is 45.1. The highest BCUT2D eigenvalue weighted by Gasteiger charge is 2.67. The maximum Gasteiger partial charge on any atom is 0.293 e. The van der Waals surface area contributed by atoms with Crippen LogP contribution in [0.1, 0.15) is 72.9 Å². The Kier molecular flexibility index (Phi) is 11.7. The molecule has 0 spiro atoms. The van der Waals surface area contributed by atoms with Gasteiger partial charge in [-0.3, -0.25) is 28.2 Å². The van der Waals surface area contributed by atoms with Gasteiger partial charge in [0, 0.05) is 43.7 Å². The molecule has 63 heavy (non-hydrogen) atoms. The Balaban J connectivity index is 1.29. The van der Waals surface area contributed by atoms with Crippen molar-refractivity contribution in [2.75, 3.05) is 30.8 Å². The molecule has 0 aliphatic heterocycles. The Morgan fingerprint density at radius 1 is 1.05 bits per heavy atom. The van der Waals surface area contributed by atoms with Crippen molar-refractivity contribution in [2.24, 2.45) is 13.0 Å². The molecule has 1 fully saturated rings. The smallest absolute Gasteiger partial charge is 0.293 e. The summed E-state index contributed by atoms with van der Waals surface area (Å²) in [7, 11) is -2.48. The van der Waals surface area contributed by atoms with E-state index in [4.69, 9.17) is 26.1 Å². The minimum Gasteiger partial charge on any atom is -0.475 e. The van der Waals surface area contributed by atoms with E-state index in [9.17, 15) is 35.6 Å². The number of anilines is 1. The number of nitrogens with one attached hydrogen (secondary N) is 2. The van der Waals surface area contributed by atoms with Gasteiger partial charge in [-0.2, -0.15) is 24.0 Å². The number of hydrogen-bond acceptors (Lipinski definition) is 10. The summed E-state index contributed by atoms with van der Waals surface area (Å²) in [5, 5.41) is 10.6. The predicted octanol–water partition coefficient (Wildman–Crippen LogP) is 6.61. The average Bonchev–Trinajstić information content (AvgIpc) is 3.74. The van der Waals surface area contributed by atoms with Crippen LogP contribution in [0.5, 0.6) is 5.88 Å². The molecule has 0 radical (unpaired) electrons. The number of aromatic nitrogens is 7. The molecule has 3 atom stereocenters. The lowest BCUT2D eigenvalue weighted by molar-refractivity contribution is -0.123. The minimum atomic E-state index is -3.92. The van der Waals surface area contributed by atoms with E-state index >= 15 is 8.78 Å². The number of halogens is 7. The number of benzene rings is 2. The number of carbonyl (C=O) groups is 1. The molecule has 2 aromatic carbocycles. The average molecular weight is 922 g/mol. The van der Waals surface area contributed by atoms with Crippen LogP contribution in [0.25, 0.3) is 27.6 Å². The van der Waals surface area contributed by atoms with Crippen LogP contribution in [0.3, 0.4) is 0 Å². The first kappa shape index (κ1) is 43.9. The fraction of sp³-hybridized carbons (Fsp3) is 0.400. The maximum atomic E-state index is 15.5. The van der Waals surface area contributed by atoms with Gasteiger partial charge in [-0.1, -0.05) is 24.9 Å². The number of unbranched alkanes of at least 4 members (excludes halogenated alkanes) is 1. The third kappa shape index (κ3) is 8.54. The normalized spacial score (nSPS) is 17.0. The highest BCUT2D eigenvalue weighted by atomic mass is 35.5. The molecular formula is C40H38ClF6N9O6S. The van der Waals surface area contributed by atoms with E-state index in [-0.39, 0.29) is 80.9 Å². The molecule has 0 bridgehead atoms. The van der Waals surface area contributed by atoms with Crippen LogP contribution in [0.15, 0.2) is 47.3 Å². The third-order valence-corrected chi connectivity index (χ3v) is 11.6. The van der Waals surface area contributed by atoms with Gasteiger partial charge in [-0.15, -0.1) is 0 Å². The number of sulfonamides is 1. The van der Waals surface area contributed by atoms with E-state index in [1.807, 2.05) is 6.92 Å². The molecule has 1 amide bonds. The first-order chi connectivity index (χ1) is 29.9. The van der Waals surface area contributed by atoms with E-state index in [0.29, 0.717) is 17.4 Å². The second-order valence-electron chi connectivity index (χ2n) is 15.4. The largest absolute Gasteiger partial charge is 0.475 e. The summed E-state index contributed by atoms with van der Waals surface area (Å²) < 4.78 is 130. The van der Waals surface area contributed by atoms with Crippen molar-refractivity contribution in [3.8, 4) is 11.6 Å². The highest BCUT2D eigenvalue weighted by Crippen LogP contribution is 2.68. The molecule has 1 saturated carbocycles. The Hall–Kier alpha value is -5.74. The van der Waals surface area contributed by atoms with E-state index in [1.54, 1.807) is 0 Å². The zero-order valence-corrected chi connectivity index (χ0v) is 35.2. The number of pyridine rings is 1. The molecule has 0 saturated heterocycles. The van der Waals surface area contributed by atoms with Crippen LogP contribution in [0.4, 0.5) is 32.2 Å². The fourth-order valence-corrected chi connectivity index (χ4v) is 8.81. The van der Waals surface area contributed by atoms with Crippen molar-refractivity contribution in [3.05, 3.63) is 97.8 Å². The van der Waals surface area contributed by atoms with Gasteiger partial charge >= 0.3 is 0 Å². The van der Waals surface area contributed by atoms with Crippen molar-refractivity contribution in [2.45, 2.75) is 63.5 Å². The summed E-state index contributed by atoms with van der Waals surface area (Å²) in [6.45, 7) is 1.82. The van der Waals surface area contributed by atoms with Crippen LogP contribution < -0.4 is 20.3 Å². The number of carbonyl (C=O) groups excluding carboxylic acids is 1. The summed E-state index contributed by atoms with van der Waals surface area (Å²) >= 11 is 6.61. The molecule has 2 aliphatic rings. The maximum absolute atomic E-state index is 15.5. The number of ether oxygens (including phenoxy) is 2. The number of alkyl halides is 4. The number of hydrogen-bond donors (Lipinski definition) is 2. The monoisotopic (exact) mass is 921 g/mol. The van der Waals surface area contributed by atoms with Crippen LogP contribution in [-0.2, 0) is 45.5 Å². The molecule has 15 nitrogen and oxygen atoms in total. The molecule has 6 aromatic rings. The molecule has 334 valence electrons. The summed E-state index contributed by atoms with van der Waals surface area (Å²) in [5.74, 6) is -9.16. The van der Waals surface area contributed by atoms with E-state index < -0.39 is 87.7 Å². The van der Waals surface area contributed by atoms with Crippen LogP contribution in [0, 0.1) is 17.6 Å². The van der Waals surface area contributed by atoms with Crippen LogP contribution in [0.2, 0.25) is 5.02 Å². The van der Waals surface area contributed by atoms with E-state index in [0.717, 1.165) is 35.8 Å². The Morgan fingerprint density at radius 2 is 1.79 bits per heavy atom. The highest BCUT2D eigenvalue weighted by molar-refractivity contribution is 7.92. The standard InChI is InChI=1S/C40H38ClF6N9O6S/c1-4-5-10-61-11-12-62-29-9-6-22-36(49-29)50-38(56(39(22)58)27-8-7-25(41)31-33(27)54(2)52-37(31)53-63(3,59)60)26(15-19-13-20(42)16-21(43)14-19)48-28(57)18-55-34-30(32(51-55)35(44)45)23-17-24(23)40(34,46)47/h6-9,13-14,16,23-24,26,35H,4-5,10-12,15,17-18H2,1-3H3,(H,48,57)(H,52,53)/t23-,24+,26-/m0/s1. The minimum absolute atomic E-state index is 0.0109. The SMILES string of the molecule is CCCCOCCOc1ccc2c(=O)n(-c3ccc(Cl)c4c(NS(C)(=O)=O)nn(C)c34)c([C@H](Cc3cc(F)cc(F)c3)NC(=O)Cn3nc(C(F)F)c4c3C(F)(F)[C@@H]3C[C@H]43)nc2n1. The van der Waals surface area contributed by atoms with Crippen LogP contribution >= 0.6 is 11.6 Å². The topological polar surface area (TPSA) is 177 Å². The summed E-state index contributed by atoms with van der Waals surface area (Å²) in [6.07, 6.45) is -1.05. The molecule has 2 aliphatic carbocycles. The number of fused-ring (bicyclic) bond motifs is 5. The van der Waals surface area contributed by atoms with Gasteiger partial charge in [0.15, 0.2) is 11.5 Å². The van der Waals surface area contributed by atoms with Gasteiger partial charge in [0.05, 0.1) is 45.9 Å². The second-order valence-corrected chi connectivity index (χ2v) is 17.5. The summed E-state index contributed by atoms with van der Waals surface area (Å²) in [4.78, 5) is 38.1. The third-order valence-electron chi connectivity index (χ3n) is 10.8. The van der Waals surface area contributed by atoms with E-state index in [2.05, 4.69) is 25.2 Å². The van der Waals surface area contributed by atoms with Crippen molar-refractivity contribution in [1.29, 1.82) is 0 Å². The van der Waals surface area contributed by atoms with E-state index in [1.165, 1.54) is 36.0 Å². The van der Waals surface area contributed by atoms with Gasteiger partial charge in [-0.25, -0.2) is 31.0 Å². The quantitative estimate of drug-likeness (QED) is 0.0748. The number of nitrogens with zero attached hydrogens (tertiary/aromatic N) is 7. The van der Waals surface area contributed by atoms with Crippen molar-refractivity contribution in [1.82, 2.24) is 39.4 Å². The first-order valence-corrected chi connectivity index (χ1v) is 21.9.